The number of hydrogen-bond acceptors (Lipinski definition) is 6. The van der Waals surface area contributed by atoms with E-state index in [0.717, 1.165) is 28.0 Å². The van der Waals surface area contributed by atoms with Crippen molar-refractivity contribution < 1.29 is 46.5 Å². The zero-order valence-electron chi connectivity index (χ0n) is 40.2. The fraction of sp³-hybridized carbons (Fsp3) is 0.215. The molecule has 2 aliphatic rings. The predicted molar refractivity (Wildman–Crippen MR) is 295 cm³/mol. The van der Waals surface area contributed by atoms with Crippen LogP contribution in [-0.4, -0.2) is 22.7 Å². The van der Waals surface area contributed by atoms with E-state index in [1.165, 1.54) is 60.7 Å². The van der Waals surface area contributed by atoms with Gasteiger partial charge in [-0.25, -0.2) is 17.6 Å². The number of ketones is 1. The van der Waals surface area contributed by atoms with Crippen molar-refractivity contribution in [3.63, 3.8) is 0 Å². The van der Waals surface area contributed by atoms with Gasteiger partial charge in [-0.2, -0.15) is 0 Å². The largest absolute Gasteiger partial charge is 0.489 e. The van der Waals surface area contributed by atoms with E-state index in [9.17, 15) is 37.1 Å². The van der Waals surface area contributed by atoms with Crippen molar-refractivity contribution in [2.24, 2.45) is 11.8 Å². The van der Waals surface area contributed by atoms with Gasteiger partial charge in [-0.1, -0.05) is 119 Å². The number of hydrogen-bond donors (Lipinski definition) is 1. The molecule has 2 saturated heterocycles. The summed E-state index contributed by atoms with van der Waals surface area (Å²) >= 11 is 0. The molecule has 8 aromatic rings. The first-order valence-electron chi connectivity index (χ1n) is 24.4. The van der Waals surface area contributed by atoms with E-state index in [-0.39, 0.29) is 81.8 Å². The highest BCUT2D eigenvalue weighted by Gasteiger charge is 2.49. The van der Waals surface area contributed by atoms with Crippen LogP contribution in [0.4, 0.5) is 28.9 Å². The van der Waals surface area contributed by atoms with E-state index in [0.29, 0.717) is 60.7 Å². The molecule has 77 heavy (non-hydrogen) atoms. The molecule has 0 aliphatic carbocycles. The monoisotopic (exact) mass is 1040 g/mol. The van der Waals surface area contributed by atoms with Gasteiger partial charge < -0.3 is 24.4 Å². The van der Waals surface area contributed by atoms with E-state index in [1.807, 2.05) is 109 Å². The first-order valence-corrected chi connectivity index (χ1v) is 24.4. The van der Waals surface area contributed by atoms with E-state index in [2.05, 4.69) is 0 Å². The molecule has 12 heteroatoms. The number of ether oxygens (including phenoxy) is 2. The van der Waals surface area contributed by atoms with Crippen molar-refractivity contribution in [2.45, 2.75) is 79.4 Å². The highest BCUT2D eigenvalue weighted by molar-refractivity contribution is 6.04. The maximum absolute atomic E-state index is 13.5. The summed E-state index contributed by atoms with van der Waals surface area (Å²) in [5.41, 5.74) is 6.20. The second-order valence-corrected chi connectivity index (χ2v) is 18.3. The van der Waals surface area contributed by atoms with Crippen molar-refractivity contribution in [1.82, 2.24) is 0 Å². The molecule has 0 radical (unpaired) electrons. The molecule has 5 atom stereocenters. The molecule has 398 valence electrons. The molecule has 10 rings (SSSR count). The van der Waals surface area contributed by atoms with Gasteiger partial charge in [-0.3, -0.25) is 14.4 Å². The van der Waals surface area contributed by atoms with E-state index >= 15 is 0 Å². The molecule has 2 amide bonds. The van der Waals surface area contributed by atoms with Gasteiger partial charge in [0, 0.05) is 23.4 Å². The number of β-lactam (4-membered cyclic amide) rings is 2. The van der Waals surface area contributed by atoms with Crippen molar-refractivity contribution in [1.29, 1.82) is 0 Å². The van der Waals surface area contributed by atoms with Gasteiger partial charge in [0.1, 0.15) is 48.0 Å². The highest BCUT2D eigenvalue weighted by Crippen LogP contribution is 2.48. The molecule has 8 aromatic carbocycles. The number of amides is 2. The average Bonchev–Trinajstić information content (AvgIpc) is 3.43. The summed E-state index contributed by atoms with van der Waals surface area (Å²) in [7, 11) is 0. The molecular weight excluding hydrogens is 981 g/mol. The van der Waals surface area contributed by atoms with Gasteiger partial charge in [0.15, 0.2) is 5.78 Å². The number of halogens is 4. The Morgan fingerprint density at radius 1 is 0.468 bits per heavy atom. The number of carbonyl (C=O) groups is 3. The number of aliphatic hydroxyl groups is 1. The average molecular weight is 1050 g/mol. The smallest absolute Gasteiger partial charge is 0.233 e. The molecule has 0 spiro atoms. The second-order valence-electron chi connectivity index (χ2n) is 18.3. The van der Waals surface area contributed by atoms with Gasteiger partial charge in [0.25, 0.3) is 0 Å². The molecule has 2 aliphatic heterocycles. The van der Waals surface area contributed by atoms with Crippen molar-refractivity contribution in [2.75, 3.05) is 9.80 Å². The predicted octanol–water partition coefficient (Wildman–Crippen LogP) is 15.6. The van der Waals surface area contributed by atoms with Gasteiger partial charge in [0.05, 0.1) is 30.0 Å². The number of Topliss-reactive ketones (excluding diaryl/α,β-unsaturated/α-hetero) is 1. The maximum Gasteiger partial charge on any atom is 0.233 e. The third-order valence-corrected chi connectivity index (χ3v) is 13.4. The van der Waals surface area contributed by atoms with E-state index in [4.69, 9.17) is 9.47 Å². The molecule has 0 bridgehead atoms. The fourth-order valence-corrected chi connectivity index (χ4v) is 9.46. The molecule has 0 aromatic heterocycles. The quantitative estimate of drug-likeness (QED) is 0.0522. The van der Waals surface area contributed by atoms with Gasteiger partial charge in [-0.15, -0.1) is 0 Å². The Morgan fingerprint density at radius 3 is 1.23 bits per heavy atom. The molecule has 8 nitrogen and oxygen atoms in total. The van der Waals surface area contributed by atoms with Crippen molar-refractivity contribution >= 4 is 29.0 Å². The summed E-state index contributed by atoms with van der Waals surface area (Å²) in [5.74, 6) is -1.20. The number of aliphatic hydroxyl groups excluding tert-OH is 1. The van der Waals surface area contributed by atoms with Crippen LogP contribution in [0.3, 0.4) is 0 Å². The number of benzene rings is 8. The standard InChI is InChI=1S/C31H27F2NO3.C31H25F2NO3.3CH4/c2*32-24-10-6-22(7-11-24)29(35)19-18-28-30(34(31(28)36)26-14-12-25(33)13-15-26)23-8-16-27(17-9-23)37-20-21-4-2-1-3-5-21;;;/h1-17,28-30,35H,18-20H2;1-17,28,30H,18-20H2;3*1H4/t28-,29+,30-;28-,30-;;;/m11.../s1. The van der Waals surface area contributed by atoms with Crippen LogP contribution in [0.2, 0.25) is 0 Å². The maximum atomic E-state index is 13.5. The normalized spacial score (nSPS) is 16.6. The van der Waals surface area contributed by atoms with Crippen LogP contribution in [0.15, 0.2) is 206 Å². The lowest BCUT2D eigenvalue weighted by Crippen LogP contribution is -2.55. The zero-order chi connectivity index (χ0) is 51.6. The molecule has 0 unspecified atom stereocenters. The van der Waals surface area contributed by atoms with Gasteiger partial charge in [-0.05, 0) is 156 Å². The van der Waals surface area contributed by atoms with Crippen molar-refractivity contribution in [3.05, 3.63) is 263 Å². The Labute approximate surface area is 449 Å². The lowest BCUT2D eigenvalue weighted by molar-refractivity contribution is -0.131. The van der Waals surface area contributed by atoms with Crippen LogP contribution < -0.4 is 19.3 Å². The molecule has 1 N–H and O–H groups in total. The summed E-state index contributed by atoms with van der Waals surface area (Å²) in [4.78, 5) is 42.4. The molecular formula is C65H64F4N2O6. The number of rotatable bonds is 18. The SMILES string of the molecule is C.C.C.O=C(CC[C@H]1C(=O)N(c2ccc(F)cc2)[C@@H]1c1ccc(OCc2ccccc2)cc1)c1ccc(F)cc1.O=C1[C@H](CC[C@H](O)c2ccc(F)cc2)[C@@H](c2ccc(OCc3ccccc3)cc2)N1c1ccc(F)cc1. The first-order chi connectivity index (χ1) is 36.0. The lowest BCUT2D eigenvalue weighted by atomic mass is 9.78. The summed E-state index contributed by atoms with van der Waals surface area (Å²) in [6, 6.07) is 57.2. The van der Waals surface area contributed by atoms with Gasteiger partial charge >= 0.3 is 0 Å². The van der Waals surface area contributed by atoms with Crippen LogP contribution in [-0.2, 0) is 22.8 Å². The van der Waals surface area contributed by atoms with Crippen LogP contribution in [0, 0.1) is 35.1 Å². The zero-order valence-corrected chi connectivity index (χ0v) is 40.2. The van der Waals surface area contributed by atoms with Crippen LogP contribution in [0.1, 0.15) is 104 Å². The second kappa shape index (κ2) is 26.9. The van der Waals surface area contributed by atoms with E-state index < -0.39 is 17.8 Å². The Hall–Kier alpha value is -8.35. The Bertz CT molecular complexity index is 3130. The minimum absolute atomic E-state index is 0. The first kappa shape index (κ1) is 57.9. The third-order valence-electron chi connectivity index (χ3n) is 13.4. The number of nitrogens with zero attached hydrogens (tertiary/aromatic N) is 2. The molecule has 2 heterocycles. The van der Waals surface area contributed by atoms with Crippen LogP contribution in [0.25, 0.3) is 0 Å². The molecule has 0 saturated carbocycles. The minimum atomic E-state index is -0.803. The van der Waals surface area contributed by atoms with Crippen LogP contribution >= 0.6 is 0 Å². The highest BCUT2D eigenvalue weighted by atomic mass is 19.1. The van der Waals surface area contributed by atoms with Crippen LogP contribution in [0.5, 0.6) is 11.5 Å². The summed E-state index contributed by atoms with van der Waals surface area (Å²) in [6.45, 7) is 0.894. The Kier molecular flexibility index (Phi) is 20.3. The summed E-state index contributed by atoms with van der Waals surface area (Å²) in [5, 5.41) is 10.6. The summed E-state index contributed by atoms with van der Waals surface area (Å²) in [6.07, 6.45) is 0.514. The van der Waals surface area contributed by atoms with Gasteiger partial charge in [0.2, 0.25) is 11.8 Å². The third kappa shape index (κ3) is 14.1. The molecule has 2 fully saturated rings. The Balaban J connectivity index is 0.000000240. The van der Waals surface area contributed by atoms with Crippen molar-refractivity contribution in [3.8, 4) is 11.5 Å². The topological polar surface area (TPSA) is 96.4 Å². The fourth-order valence-electron chi connectivity index (χ4n) is 9.46. The minimum Gasteiger partial charge on any atom is -0.489 e. The number of carbonyl (C=O) groups excluding carboxylic acids is 3. The number of anilines is 2. The summed E-state index contributed by atoms with van der Waals surface area (Å²) < 4.78 is 65.3. The Morgan fingerprint density at radius 2 is 0.831 bits per heavy atom. The lowest BCUT2D eigenvalue weighted by Gasteiger charge is -2.48. The van der Waals surface area contributed by atoms with E-state index in [1.54, 1.807) is 46.2 Å².